The maximum absolute atomic E-state index is 14.0. The summed E-state index contributed by atoms with van der Waals surface area (Å²) in [5.41, 5.74) is -3.78. The fourth-order valence-corrected chi connectivity index (χ4v) is 5.94. The van der Waals surface area contributed by atoms with Crippen LogP contribution in [0.1, 0.15) is 65.1 Å². The third-order valence-electron chi connectivity index (χ3n) is 8.42. The number of methoxy groups -OCH3 is 1. The highest BCUT2D eigenvalue weighted by molar-refractivity contribution is 6.74. The summed E-state index contributed by atoms with van der Waals surface area (Å²) in [6, 6.07) is 5.10. The first-order chi connectivity index (χ1) is 22.0. The van der Waals surface area contributed by atoms with Crippen LogP contribution in [0.25, 0.3) is 5.69 Å². The predicted molar refractivity (Wildman–Crippen MR) is 172 cm³/mol. The smallest absolute Gasteiger partial charge is 0.416 e. The maximum atomic E-state index is 14.0. The number of rotatable bonds is 9. The van der Waals surface area contributed by atoms with E-state index in [0.29, 0.717) is 17.8 Å². The lowest BCUT2D eigenvalue weighted by atomic mass is 9.98. The molecule has 0 aliphatic heterocycles. The van der Waals surface area contributed by atoms with Crippen LogP contribution in [-0.4, -0.2) is 41.9 Å². The number of aromatic nitrogens is 3. The van der Waals surface area contributed by atoms with E-state index >= 15 is 0 Å². The fourth-order valence-electron chi connectivity index (χ4n) is 4.71. The fraction of sp³-hybridized carbons (Fsp3) is 0.364. The van der Waals surface area contributed by atoms with Crippen molar-refractivity contribution in [3.8, 4) is 11.4 Å². The standard InChI is InChI=1S/C33H34ClF6N3O4Si/c1-19-15-42(18-41-19)26-9-8-20(12-28(26)46-5)29(44)25-14-24(34)16-43(30(25)45)27(17-47-48(6,7)31(2,3)4)21-10-22(32(35,36)37)13-23(11-21)33(38,39)40/h8-16,18,27H,17H2,1-7H3. The number of halogens is 7. The molecule has 2 aromatic heterocycles. The molecule has 15 heteroatoms. The van der Waals surface area contributed by atoms with Crippen molar-refractivity contribution >= 4 is 25.7 Å². The van der Waals surface area contributed by atoms with Crippen molar-refractivity contribution in [1.29, 1.82) is 0 Å². The molecule has 0 aliphatic carbocycles. The summed E-state index contributed by atoms with van der Waals surface area (Å²) >= 11 is 6.38. The van der Waals surface area contributed by atoms with Crippen LogP contribution in [-0.2, 0) is 16.8 Å². The predicted octanol–water partition coefficient (Wildman–Crippen LogP) is 8.88. The van der Waals surface area contributed by atoms with Gasteiger partial charge < -0.3 is 18.3 Å². The summed E-state index contributed by atoms with van der Waals surface area (Å²) in [5.74, 6) is -0.531. The second-order valence-electron chi connectivity index (χ2n) is 12.8. The minimum Gasteiger partial charge on any atom is -0.495 e. The lowest BCUT2D eigenvalue weighted by molar-refractivity contribution is -0.143. The molecule has 4 aromatic rings. The Hall–Kier alpha value is -3.88. The number of aryl methyl sites for hydroxylation is 1. The molecule has 2 aromatic carbocycles. The summed E-state index contributed by atoms with van der Waals surface area (Å²) in [4.78, 5) is 32.0. The molecule has 1 atom stereocenters. The van der Waals surface area contributed by atoms with Gasteiger partial charge in [0.2, 0.25) is 0 Å². The Balaban J connectivity index is 1.90. The van der Waals surface area contributed by atoms with E-state index < -0.39 is 72.0 Å². The summed E-state index contributed by atoms with van der Waals surface area (Å²) in [5, 5.41) is -0.556. The Bertz CT molecular complexity index is 1860. The second kappa shape index (κ2) is 13.2. The number of carbonyl (C=O) groups excluding carboxylic acids is 1. The van der Waals surface area contributed by atoms with Crippen molar-refractivity contribution in [2.75, 3.05) is 13.7 Å². The number of hydrogen-bond donors (Lipinski definition) is 0. The van der Waals surface area contributed by atoms with Gasteiger partial charge in [-0.3, -0.25) is 9.59 Å². The molecule has 7 nitrogen and oxygen atoms in total. The summed E-state index contributed by atoms with van der Waals surface area (Å²) in [6.45, 7) is 10.7. The highest BCUT2D eigenvalue weighted by Gasteiger charge is 2.40. The minimum absolute atomic E-state index is 0.00706. The first-order valence-corrected chi connectivity index (χ1v) is 17.9. The molecular weight excluding hydrogens is 680 g/mol. The Morgan fingerprint density at radius 1 is 0.958 bits per heavy atom. The van der Waals surface area contributed by atoms with Crippen LogP contribution >= 0.6 is 11.6 Å². The average molecular weight is 714 g/mol. The lowest BCUT2D eigenvalue weighted by Gasteiger charge is -2.37. The van der Waals surface area contributed by atoms with Crippen molar-refractivity contribution in [3.63, 3.8) is 0 Å². The topological polar surface area (TPSA) is 75.3 Å². The van der Waals surface area contributed by atoms with E-state index in [2.05, 4.69) is 4.98 Å². The van der Waals surface area contributed by atoms with Crippen molar-refractivity contribution in [1.82, 2.24) is 14.1 Å². The van der Waals surface area contributed by atoms with Gasteiger partial charge in [-0.05, 0) is 73.1 Å². The molecule has 2 heterocycles. The normalized spacial score (nSPS) is 13.5. The SMILES string of the molecule is COc1cc(C(=O)c2cc(Cl)cn(C(CO[Si](C)(C)C(C)(C)C)c3cc(C(F)(F)F)cc(C(F)(F)F)c3)c2=O)ccc1-n1cnc(C)c1. The third kappa shape index (κ3) is 7.87. The van der Waals surface area contributed by atoms with Crippen molar-refractivity contribution in [2.45, 2.75) is 64.2 Å². The van der Waals surface area contributed by atoms with Crippen molar-refractivity contribution in [2.24, 2.45) is 0 Å². The quantitative estimate of drug-likeness (QED) is 0.0984. The molecule has 0 radical (unpaired) electrons. The number of hydrogen-bond acceptors (Lipinski definition) is 5. The van der Waals surface area contributed by atoms with Crippen LogP contribution in [0.3, 0.4) is 0 Å². The van der Waals surface area contributed by atoms with Gasteiger partial charge in [-0.15, -0.1) is 0 Å². The molecule has 4 rings (SSSR count). The van der Waals surface area contributed by atoms with Gasteiger partial charge in [0.1, 0.15) is 5.75 Å². The highest BCUT2D eigenvalue weighted by atomic mass is 35.5. The molecule has 0 aliphatic rings. The summed E-state index contributed by atoms with van der Waals surface area (Å²) in [6.07, 6.45) is -5.92. The summed E-state index contributed by atoms with van der Waals surface area (Å²) in [7, 11) is -1.29. The van der Waals surface area contributed by atoms with Crippen LogP contribution < -0.4 is 10.3 Å². The van der Waals surface area contributed by atoms with Gasteiger partial charge in [-0.25, -0.2) is 4.98 Å². The van der Waals surface area contributed by atoms with Gasteiger partial charge >= 0.3 is 12.4 Å². The lowest BCUT2D eigenvalue weighted by Crippen LogP contribution is -2.43. The molecule has 48 heavy (non-hydrogen) atoms. The van der Waals surface area contributed by atoms with Gasteiger partial charge in [0.25, 0.3) is 5.56 Å². The van der Waals surface area contributed by atoms with Gasteiger partial charge in [0, 0.05) is 18.0 Å². The minimum atomic E-state index is -5.14. The first-order valence-electron chi connectivity index (χ1n) is 14.6. The average Bonchev–Trinajstić information content (AvgIpc) is 3.42. The number of benzene rings is 2. The third-order valence-corrected chi connectivity index (χ3v) is 13.1. The van der Waals surface area contributed by atoms with Gasteiger partial charge in [-0.1, -0.05) is 32.4 Å². The Kier molecular flexibility index (Phi) is 10.2. The number of imidazole rings is 1. The van der Waals surface area contributed by atoms with Gasteiger partial charge in [-0.2, -0.15) is 26.3 Å². The zero-order valence-electron chi connectivity index (χ0n) is 27.2. The van der Waals surface area contributed by atoms with E-state index in [1.165, 1.54) is 19.2 Å². The Morgan fingerprint density at radius 3 is 2.06 bits per heavy atom. The monoisotopic (exact) mass is 713 g/mol. The zero-order chi connectivity index (χ0) is 36.0. The van der Waals surface area contributed by atoms with Gasteiger partial charge in [0.15, 0.2) is 14.1 Å². The molecule has 0 fully saturated rings. The number of ether oxygens (including phenoxy) is 1. The molecule has 258 valence electrons. The molecule has 0 amide bonds. The van der Waals surface area contributed by atoms with E-state index in [1.807, 2.05) is 33.9 Å². The van der Waals surface area contributed by atoms with Crippen LogP contribution in [0.4, 0.5) is 26.3 Å². The van der Waals surface area contributed by atoms with E-state index in [9.17, 15) is 35.9 Å². The van der Waals surface area contributed by atoms with Crippen LogP contribution in [0.15, 0.2) is 66.0 Å². The number of nitrogens with zero attached hydrogens (tertiary/aromatic N) is 3. The number of pyridine rings is 1. The van der Waals surface area contributed by atoms with Crippen LogP contribution in [0.2, 0.25) is 23.2 Å². The number of alkyl halides is 6. The Labute approximate surface area is 279 Å². The summed E-state index contributed by atoms with van der Waals surface area (Å²) < 4.78 is 97.6. The van der Waals surface area contributed by atoms with E-state index in [0.717, 1.165) is 22.5 Å². The molecule has 0 N–H and O–H groups in total. The maximum Gasteiger partial charge on any atom is 0.416 e. The first kappa shape index (κ1) is 36.9. The zero-order valence-corrected chi connectivity index (χ0v) is 28.9. The highest BCUT2D eigenvalue weighted by Crippen LogP contribution is 2.40. The van der Waals surface area contributed by atoms with Crippen molar-refractivity contribution in [3.05, 3.63) is 110 Å². The van der Waals surface area contributed by atoms with Gasteiger partial charge in [0.05, 0.1) is 59.2 Å². The van der Waals surface area contributed by atoms with E-state index in [4.69, 9.17) is 20.8 Å². The molecule has 1 unspecified atom stereocenters. The molecule has 0 saturated carbocycles. The number of ketones is 1. The number of carbonyl (C=O) groups is 1. The van der Waals surface area contributed by atoms with E-state index in [-0.39, 0.29) is 22.4 Å². The molecule has 0 bridgehead atoms. The molecule has 0 saturated heterocycles. The molecule has 0 spiro atoms. The molecular formula is C33H34ClF6N3O4Si. The largest absolute Gasteiger partial charge is 0.495 e. The van der Waals surface area contributed by atoms with E-state index in [1.54, 1.807) is 30.1 Å². The van der Waals surface area contributed by atoms with Crippen molar-refractivity contribution < 1.29 is 40.3 Å². The van der Waals surface area contributed by atoms with Crippen LogP contribution in [0, 0.1) is 6.92 Å². The van der Waals surface area contributed by atoms with Crippen LogP contribution in [0.5, 0.6) is 5.75 Å². The Morgan fingerprint density at radius 2 is 1.56 bits per heavy atom. The second-order valence-corrected chi connectivity index (χ2v) is 18.1.